The molecule has 1 saturated carbocycles. The topological polar surface area (TPSA) is 65.8 Å². The Bertz CT molecular complexity index is 983. The predicted octanol–water partition coefficient (Wildman–Crippen LogP) is 3.25. The molecule has 1 aliphatic carbocycles. The first-order chi connectivity index (χ1) is 14.1. The van der Waals surface area contributed by atoms with Crippen LogP contribution in [0.25, 0.3) is 0 Å². The Labute approximate surface area is 170 Å². The summed E-state index contributed by atoms with van der Waals surface area (Å²) < 4.78 is 1.74. The van der Waals surface area contributed by atoms with Crippen LogP contribution in [0.15, 0.2) is 47.4 Å². The van der Waals surface area contributed by atoms with Crippen LogP contribution < -0.4 is 10.4 Å². The molecule has 3 heterocycles. The van der Waals surface area contributed by atoms with Crippen LogP contribution in [0, 0.1) is 11.8 Å². The minimum Gasteiger partial charge on any atom is -0.502 e. The number of aromatic hydroxyl groups is 1. The summed E-state index contributed by atoms with van der Waals surface area (Å²) in [6.07, 6.45) is 8.61. The summed E-state index contributed by atoms with van der Waals surface area (Å²) in [7, 11) is 1.77. The van der Waals surface area contributed by atoms with E-state index in [1.807, 2.05) is 6.07 Å². The van der Waals surface area contributed by atoms with Crippen molar-refractivity contribution >= 4 is 5.91 Å². The zero-order valence-electron chi connectivity index (χ0n) is 16.7. The number of hydrogen-bond acceptors (Lipinski definition) is 4. The Morgan fingerprint density at radius 3 is 2.48 bits per heavy atom. The summed E-state index contributed by atoms with van der Waals surface area (Å²) in [6, 6.07) is 11.9. The van der Waals surface area contributed by atoms with Crippen molar-refractivity contribution in [3.8, 4) is 5.75 Å². The maximum absolute atomic E-state index is 13.0. The van der Waals surface area contributed by atoms with E-state index in [9.17, 15) is 14.7 Å². The van der Waals surface area contributed by atoms with Crippen LogP contribution in [0.3, 0.4) is 0 Å². The van der Waals surface area contributed by atoms with E-state index in [4.69, 9.17) is 0 Å². The van der Waals surface area contributed by atoms with Gasteiger partial charge in [0.2, 0.25) is 5.43 Å². The first kappa shape index (κ1) is 18.3. The Morgan fingerprint density at radius 2 is 1.76 bits per heavy atom. The van der Waals surface area contributed by atoms with Crippen molar-refractivity contribution in [2.24, 2.45) is 11.8 Å². The summed E-state index contributed by atoms with van der Waals surface area (Å²) in [4.78, 5) is 26.7. The first-order valence-corrected chi connectivity index (χ1v) is 10.6. The molecular formula is C23H27N3O3. The Kier molecular flexibility index (Phi) is 4.37. The minimum atomic E-state index is -0.519. The molecule has 29 heavy (non-hydrogen) atoms. The van der Waals surface area contributed by atoms with Gasteiger partial charge in [-0.1, -0.05) is 49.6 Å². The fraction of sp³-hybridized carbons (Fsp3) is 0.478. The van der Waals surface area contributed by atoms with Crippen molar-refractivity contribution in [1.82, 2.24) is 9.58 Å². The van der Waals surface area contributed by atoms with Crippen molar-refractivity contribution in [1.29, 1.82) is 0 Å². The van der Waals surface area contributed by atoms with Gasteiger partial charge in [-0.25, -0.2) is 0 Å². The second-order valence-corrected chi connectivity index (χ2v) is 8.71. The number of hydrogen-bond donors (Lipinski definition) is 1. The highest BCUT2D eigenvalue weighted by molar-refractivity contribution is 5.96. The number of carbonyl (C=O) groups is 1. The number of carbonyl (C=O) groups excluding carboxylic acids is 1. The molecule has 1 aromatic carbocycles. The lowest BCUT2D eigenvalue weighted by Gasteiger charge is -2.54. The number of benzene rings is 1. The molecule has 2 aliphatic heterocycles. The average molecular weight is 393 g/mol. The van der Waals surface area contributed by atoms with Gasteiger partial charge in [-0.2, -0.15) is 0 Å². The number of rotatable bonds is 4. The number of amides is 1. The maximum Gasteiger partial charge on any atom is 0.277 e. The first-order valence-electron chi connectivity index (χ1n) is 10.6. The largest absolute Gasteiger partial charge is 0.502 e. The van der Waals surface area contributed by atoms with Crippen LogP contribution in [0.5, 0.6) is 5.75 Å². The molecular weight excluding hydrogens is 366 g/mol. The molecule has 1 N–H and O–H groups in total. The summed E-state index contributed by atoms with van der Waals surface area (Å²) in [5.74, 6) is 0.575. The third-order valence-electron chi connectivity index (χ3n) is 6.89. The third kappa shape index (κ3) is 3.02. The molecule has 3 atom stereocenters. The van der Waals surface area contributed by atoms with Crippen LogP contribution in [0.4, 0.5) is 0 Å². The van der Waals surface area contributed by atoms with E-state index in [2.05, 4.69) is 29.3 Å². The second kappa shape index (κ2) is 6.94. The molecule has 2 fully saturated rings. The van der Waals surface area contributed by atoms with Gasteiger partial charge < -0.3 is 10.0 Å². The van der Waals surface area contributed by atoms with E-state index in [1.165, 1.54) is 30.9 Å². The smallest absolute Gasteiger partial charge is 0.277 e. The predicted molar refractivity (Wildman–Crippen MR) is 110 cm³/mol. The van der Waals surface area contributed by atoms with Gasteiger partial charge in [0.1, 0.15) is 6.17 Å². The Hall–Kier alpha value is -2.76. The average Bonchev–Trinajstić information content (AvgIpc) is 3.57. The van der Waals surface area contributed by atoms with E-state index in [0.29, 0.717) is 5.92 Å². The molecule has 3 unspecified atom stereocenters. The molecule has 1 amide bonds. The van der Waals surface area contributed by atoms with Crippen molar-refractivity contribution in [2.75, 3.05) is 12.1 Å². The molecule has 3 aliphatic rings. The number of aromatic nitrogens is 1. The number of fused-ring (bicyclic) bond motifs is 3. The highest BCUT2D eigenvalue weighted by Crippen LogP contribution is 2.45. The maximum atomic E-state index is 13.0. The van der Waals surface area contributed by atoms with Gasteiger partial charge in [0.15, 0.2) is 11.4 Å². The number of nitrogens with zero attached hydrogens (tertiary/aromatic N) is 3. The van der Waals surface area contributed by atoms with Crippen LogP contribution in [-0.2, 0) is 0 Å². The van der Waals surface area contributed by atoms with Gasteiger partial charge >= 0.3 is 0 Å². The van der Waals surface area contributed by atoms with Crippen LogP contribution in [0.1, 0.15) is 60.6 Å². The van der Waals surface area contributed by atoms with Crippen molar-refractivity contribution in [3.63, 3.8) is 0 Å². The van der Waals surface area contributed by atoms with Gasteiger partial charge in [0, 0.05) is 19.3 Å². The molecule has 2 aromatic rings. The van der Waals surface area contributed by atoms with E-state index < -0.39 is 11.2 Å². The Morgan fingerprint density at radius 1 is 1.00 bits per heavy atom. The monoisotopic (exact) mass is 393 g/mol. The zero-order chi connectivity index (χ0) is 20.1. The van der Waals surface area contributed by atoms with Gasteiger partial charge in [-0.05, 0) is 36.7 Å². The Balaban J connectivity index is 1.63. The molecule has 152 valence electrons. The van der Waals surface area contributed by atoms with Crippen molar-refractivity contribution in [2.45, 2.75) is 50.7 Å². The molecule has 1 aromatic heterocycles. The molecule has 1 saturated heterocycles. The fourth-order valence-corrected chi connectivity index (χ4v) is 5.15. The quantitative estimate of drug-likeness (QED) is 0.866. The zero-order valence-corrected chi connectivity index (χ0v) is 16.7. The lowest BCUT2D eigenvalue weighted by atomic mass is 9.80. The molecule has 0 spiro atoms. The number of piperidine rings is 1. The molecule has 5 rings (SSSR count). The number of pyridine rings is 1. The third-order valence-corrected chi connectivity index (χ3v) is 6.89. The minimum absolute atomic E-state index is 0.0695. The van der Waals surface area contributed by atoms with E-state index in [-0.39, 0.29) is 23.8 Å². The van der Waals surface area contributed by atoms with Gasteiger partial charge in [0.05, 0.1) is 6.04 Å². The summed E-state index contributed by atoms with van der Waals surface area (Å²) >= 11 is 0. The van der Waals surface area contributed by atoms with E-state index in [1.54, 1.807) is 22.8 Å². The van der Waals surface area contributed by atoms with Crippen LogP contribution >= 0.6 is 0 Å². The molecule has 6 heteroatoms. The second-order valence-electron chi connectivity index (χ2n) is 8.71. The molecule has 6 nitrogen and oxygen atoms in total. The summed E-state index contributed by atoms with van der Waals surface area (Å²) in [6.45, 7) is 0. The van der Waals surface area contributed by atoms with Gasteiger partial charge in [-0.3, -0.25) is 19.3 Å². The molecule has 0 radical (unpaired) electrons. The van der Waals surface area contributed by atoms with E-state index >= 15 is 0 Å². The van der Waals surface area contributed by atoms with E-state index in [0.717, 1.165) is 25.2 Å². The highest BCUT2D eigenvalue weighted by Gasteiger charge is 2.46. The lowest BCUT2D eigenvalue weighted by molar-refractivity contribution is 0.0484. The lowest BCUT2D eigenvalue weighted by Crippen LogP contribution is -2.64. The highest BCUT2D eigenvalue weighted by atomic mass is 16.3. The fourth-order valence-electron chi connectivity index (χ4n) is 5.15. The van der Waals surface area contributed by atoms with Crippen LogP contribution in [0.2, 0.25) is 0 Å². The van der Waals surface area contributed by atoms with Crippen molar-refractivity contribution in [3.05, 3.63) is 64.1 Å². The SMILES string of the molecule is CN1C(=O)c2c(O)c(=O)ccn2N2C(c3ccccc3)C(CCC3CC3)CCC12. The molecule has 0 bridgehead atoms. The van der Waals surface area contributed by atoms with Crippen molar-refractivity contribution < 1.29 is 9.90 Å². The standard InChI is InChI=1S/C23H27N3O3/c1-24-19-12-11-17(10-9-15-7-8-15)20(16-5-3-2-4-6-16)26(19)25-14-13-18(27)22(28)21(25)23(24)29/h2-6,13-15,17,19-20,28H,7-12H2,1H3. The van der Waals surface area contributed by atoms with Gasteiger partial charge in [0.25, 0.3) is 5.91 Å². The normalized spacial score (nSPS) is 26.2. The summed E-state index contributed by atoms with van der Waals surface area (Å²) in [5.41, 5.74) is 0.764. The van der Waals surface area contributed by atoms with Gasteiger partial charge in [-0.15, -0.1) is 0 Å². The van der Waals surface area contributed by atoms with Crippen LogP contribution in [-0.4, -0.2) is 33.8 Å². The summed E-state index contributed by atoms with van der Waals surface area (Å²) in [5, 5.41) is 12.6.